The lowest BCUT2D eigenvalue weighted by Gasteiger charge is -2.28. The molecule has 1 aromatic heterocycles. The topological polar surface area (TPSA) is 49.3 Å². The molecule has 25 heavy (non-hydrogen) atoms. The monoisotopic (exact) mass is 336 g/mol. The van der Waals surface area contributed by atoms with Crippen LogP contribution in [-0.4, -0.2) is 57.9 Å². The molecular formula is C20H24N4O. The Morgan fingerprint density at radius 3 is 2.40 bits per heavy atom. The summed E-state index contributed by atoms with van der Waals surface area (Å²) in [5.41, 5.74) is 2.77. The van der Waals surface area contributed by atoms with Crippen molar-refractivity contribution >= 4 is 5.91 Å². The Hall–Kier alpha value is -2.27. The van der Waals surface area contributed by atoms with Crippen molar-refractivity contribution in [2.75, 3.05) is 26.2 Å². The second-order valence-electron chi connectivity index (χ2n) is 7.01. The van der Waals surface area contributed by atoms with E-state index in [-0.39, 0.29) is 5.91 Å². The maximum absolute atomic E-state index is 13.0. The van der Waals surface area contributed by atoms with E-state index in [0.29, 0.717) is 6.04 Å². The van der Waals surface area contributed by atoms with E-state index >= 15 is 0 Å². The van der Waals surface area contributed by atoms with E-state index in [9.17, 15) is 4.79 Å². The van der Waals surface area contributed by atoms with E-state index in [1.165, 1.54) is 32.3 Å². The molecular weight excluding hydrogens is 312 g/mol. The number of hydrogen-bond donors (Lipinski definition) is 0. The third-order valence-corrected chi connectivity index (χ3v) is 5.33. The Balaban J connectivity index is 1.46. The van der Waals surface area contributed by atoms with Gasteiger partial charge in [0.15, 0.2) is 0 Å². The molecule has 2 aromatic rings. The zero-order chi connectivity index (χ0) is 17.1. The Kier molecular flexibility index (Phi) is 4.74. The van der Waals surface area contributed by atoms with Gasteiger partial charge in [0.05, 0.1) is 0 Å². The third kappa shape index (κ3) is 3.56. The van der Waals surface area contributed by atoms with E-state index in [2.05, 4.69) is 19.8 Å². The molecule has 1 atom stereocenters. The van der Waals surface area contributed by atoms with E-state index in [1.807, 2.05) is 24.3 Å². The fourth-order valence-electron chi connectivity index (χ4n) is 3.98. The first-order valence-corrected chi connectivity index (χ1v) is 9.20. The highest BCUT2D eigenvalue weighted by molar-refractivity contribution is 5.95. The fourth-order valence-corrected chi connectivity index (χ4v) is 3.98. The molecule has 0 unspecified atom stereocenters. The first-order chi connectivity index (χ1) is 12.3. The maximum atomic E-state index is 13.0. The van der Waals surface area contributed by atoms with Gasteiger partial charge in [-0.15, -0.1) is 0 Å². The summed E-state index contributed by atoms with van der Waals surface area (Å²) in [5.74, 6) is 0.164. The van der Waals surface area contributed by atoms with Crippen molar-refractivity contribution in [2.24, 2.45) is 0 Å². The molecule has 0 radical (unpaired) electrons. The van der Waals surface area contributed by atoms with Crippen molar-refractivity contribution in [3.63, 3.8) is 0 Å². The van der Waals surface area contributed by atoms with E-state index in [4.69, 9.17) is 0 Å². The van der Waals surface area contributed by atoms with Gasteiger partial charge >= 0.3 is 0 Å². The standard InChI is InChI=1S/C20H24N4O/c25-20(24-11-3-4-19(24)14-23-9-1-2-10-23)17-7-5-16(6-8-17)18-12-21-15-22-13-18/h5-8,12-13,15,19H,1-4,9-11,14H2/t19-/m0/s1. The normalized spacial score (nSPS) is 21.0. The van der Waals surface area contributed by atoms with Crippen LogP contribution in [0.5, 0.6) is 0 Å². The molecule has 0 aliphatic carbocycles. The van der Waals surface area contributed by atoms with Gasteiger partial charge in [-0.25, -0.2) is 9.97 Å². The van der Waals surface area contributed by atoms with Gasteiger partial charge in [0.25, 0.3) is 5.91 Å². The van der Waals surface area contributed by atoms with Crippen molar-refractivity contribution in [3.8, 4) is 11.1 Å². The highest BCUT2D eigenvalue weighted by Crippen LogP contribution is 2.24. The lowest BCUT2D eigenvalue weighted by atomic mass is 10.1. The number of carbonyl (C=O) groups is 1. The molecule has 2 aliphatic heterocycles. The van der Waals surface area contributed by atoms with Crippen LogP contribution in [-0.2, 0) is 0 Å². The first-order valence-electron chi connectivity index (χ1n) is 9.20. The maximum Gasteiger partial charge on any atom is 0.254 e. The van der Waals surface area contributed by atoms with Crippen molar-refractivity contribution < 1.29 is 4.79 Å². The van der Waals surface area contributed by atoms with Crippen LogP contribution in [0.2, 0.25) is 0 Å². The van der Waals surface area contributed by atoms with Gasteiger partial charge in [-0.05, 0) is 56.5 Å². The number of rotatable bonds is 4. The van der Waals surface area contributed by atoms with Crippen LogP contribution in [0.3, 0.4) is 0 Å². The fraction of sp³-hybridized carbons (Fsp3) is 0.450. The zero-order valence-corrected chi connectivity index (χ0v) is 14.5. The molecule has 2 saturated heterocycles. The number of carbonyl (C=O) groups excluding carboxylic acids is 1. The molecule has 0 spiro atoms. The van der Waals surface area contributed by atoms with Crippen LogP contribution < -0.4 is 0 Å². The average molecular weight is 336 g/mol. The van der Waals surface area contributed by atoms with Crippen LogP contribution in [0.25, 0.3) is 11.1 Å². The van der Waals surface area contributed by atoms with Crippen molar-refractivity contribution in [1.82, 2.24) is 19.8 Å². The summed E-state index contributed by atoms with van der Waals surface area (Å²) in [5, 5.41) is 0. The molecule has 1 aromatic carbocycles. The molecule has 4 rings (SSSR count). The summed E-state index contributed by atoms with van der Waals surface area (Å²) in [6.07, 6.45) is 9.93. The number of amides is 1. The molecule has 1 amide bonds. The van der Waals surface area contributed by atoms with Gasteiger partial charge in [0, 0.05) is 42.7 Å². The summed E-state index contributed by atoms with van der Waals surface area (Å²) in [6, 6.07) is 8.19. The number of benzene rings is 1. The van der Waals surface area contributed by atoms with Crippen LogP contribution in [0.15, 0.2) is 43.0 Å². The smallest absolute Gasteiger partial charge is 0.254 e. The van der Waals surface area contributed by atoms with Crippen LogP contribution >= 0.6 is 0 Å². The molecule has 0 bridgehead atoms. The third-order valence-electron chi connectivity index (χ3n) is 5.33. The van der Waals surface area contributed by atoms with Gasteiger partial charge in [-0.3, -0.25) is 4.79 Å². The molecule has 130 valence electrons. The molecule has 2 aliphatic rings. The molecule has 2 fully saturated rings. The lowest BCUT2D eigenvalue weighted by molar-refractivity contribution is 0.0709. The second kappa shape index (κ2) is 7.31. The van der Waals surface area contributed by atoms with Crippen molar-refractivity contribution in [2.45, 2.75) is 31.7 Å². The van der Waals surface area contributed by atoms with E-state index in [0.717, 1.165) is 42.6 Å². The second-order valence-corrected chi connectivity index (χ2v) is 7.01. The first kappa shape index (κ1) is 16.2. The largest absolute Gasteiger partial charge is 0.334 e. The molecule has 0 N–H and O–H groups in total. The SMILES string of the molecule is O=C(c1ccc(-c2cncnc2)cc1)N1CCC[C@H]1CN1CCCC1. The van der Waals surface area contributed by atoms with Gasteiger partial charge in [-0.2, -0.15) is 0 Å². The Morgan fingerprint density at radius 1 is 0.960 bits per heavy atom. The average Bonchev–Trinajstić information content (AvgIpc) is 3.34. The van der Waals surface area contributed by atoms with Crippen molar-refractivity contribution in [3.05, 3.63) is 48.5 Å². The summed E-state index contributed by atoms with van der Waals surface area (Å²) < 4.78 is 0. The number of nitrogens with zero attached hydrogens (tertiary/aromatic N) is 4. The summed E-state index contributed by atoms with van der Waals surface area (Å²) in [4.78, 5) is 25.7. The van der Waals surface area contributed by atoms with Gasteiger partial charge in [-0.1, -0.05) is 12.1 Å². The number of hydrogen-bond acceptors (Lipinski definition) is 4. The van der Waals surface area contributed by atoms with Crippen molar-refractivity contribution in [1.29, 1.82) is 0 Å². The minimum absolute atomic E-state index is 0.164. The Bertz CT molecular complexity index is 710. The van der Waals surface area contributed by atoms with Gasteiger partial charge < -0.3 is 9.80 Å². The van der Waals surface area contributed by atoms with E-state index in [1.54, 1.807) is 12.4 Å². The highest BCUT2D eigenvalue weighted by atomic mass is 16.2. The molecule has 5 nitrogen and oxygen atoms in total. The summed E-state index contributed by atoms with van der Waals surface area (Å²) in [7, 11) is 0. The molecule has 5 heteroatoms. The highest BCUT2D eigenvalue weighted by Gasteiger charge is 2.31. The van der Waals surface area contributed by atoms with Crippen LogP contribution in [0.1, 0.15) is 36.0 Å². The van der Waals surface area contributed by atoms with Gasteiger partial charge in [0.2, 0.25) is 0 Å². The van der Waals surface area contributed by atoms with Crippen LogP contribution in [0.4, 0.5) is 0 Å². The Morgan fingerprint density at radius 2 is 1.68 bits per heavy atom. The predicted molar refractivity (Wildman–Crippen MR) is 97.2 cm³/mol. The summed E-state index contributed by atoms with van der Waals surface area (Å²) >= 11 is 0. The molecule has 0 saturated carbocycles. The summed E-state index contributed by atoms with van der Waals surface area (Å²) in [6.45, 7) is 4.29. The quantitative estimate of drug-likeness (QED) is 0.861. The minimum Gasteiger partial charge on any atom is -0.334 e. The molecule has 3 heterocycles. The van der Waals surface area contributed by atoms with Gasteiger partial charge in [0.1, 0.15) is 6.33 Å². The lowest BCUT2D eigenvalue weighted by Crippen LogP contribution is -2.42. The predicted octanol–water partition coefficient (Wildman–Crippen LogP) is 2.84. The number of likely N-dealkylation sites (tertiary alicyclic amines) is 2. The Labute approximate surface area is 148 Å². The minimum atomic E-state index is 0.164. The van der Waals surface area contributed by atoms with E-state index < -0.39 is 0 Å². The zero-order valence-electron chi connectivity index (χ0n) is 14.5. The van der Waals surface area contributed by atoms with Crippen LogP contribution in [0, 0.1) is 0 Å². The number of aromatic nitrogens is 2.